The van der Waals surface area contributed by atoms with E-state index in [1.807, 2.05) is 18.2 Å². The number of halogens is 1. The van der Waals surface area contributed by atoms with Crippen LogP contribution < -0.4 is 0 Å². The molecule has 0 N–H and O–H groups in total. The van der Waals surface area contributed by atoms with E-state index in [2.05, 4.69) is 0 Å². The zero-order valence-corrected chi connectivity index (χ0v) is 11.5. The van der Waals surface area contributed by atoms with Crippen molar-refractivity contribution >= 4 is 51.6 Å². The maximum atomic E-state index is 11.9. The Bertz CT molecular complexity index is 541. The predicted molar refractivity (Wildman–Crippen MR) is 78.4 cm³/mol. The van der Waals surface area contributed by atoms with Gasteiger partial charge in [0.1, 0.15) is 0 Å². The topological polar surface area (TPSA) is 17.1 Å². The number of hydrogen-bond donors (Lipinski definition) is 0. The molecule has 1 heterocycles. The molecule has 86 valence electrons. The summed E-state index contributed by atoms with van der Waals surface area (Å²) in [6.07, 6.45) is 3.58. The number of hydrogen-bond acceptors (Lipinski definition) is 3. The van der Waals surface area contributed by atoms with E-state index in [0.29, 0.717) is 15.5 Å². The molecule has 1 aliphatic heterocycles. The Morgan fingerprint density at radius 2 is 1.94 bits per heavy atom. The third-order valence-electron chi connectivity index (χ3n) is 2.29. The van der Waals surface area contributed by atoms with Crippen LogP contribution in [0.5, 0.6) is 0 Å². The zero-order valence-electron chi connectivity index (χ0n) is 9.07. The molecule has 0 saturated heterocycles. The molecule has 0 bridgehead atoms. The molecular weight excluding hydrogens is 272 g/mol. The van der Waals surface area contributed by atoms with E-state index >= 15 is 0 Å². The highest BCUT2D eigenvalue weighted by Crippen LogP contribution is 2.30. The summed E-state index contributed by atoms with van der Waals surface area (Å²) in [7, 11) is 0. The minimum atomic E-state index is 0.0403. The monoisotopic (exact) mass is 280 g/mol. The second-order valence-electron chi connectivity index (χ2n) is 3.64. The lowest BCUT2D eigenvalue weighted by molar-refractivity contribution is -0.111. The summed E-state index contributed by atoms with van der Waals surface area (Å²) in [5.41, 5.74) is 1.64. The number of thiocarbonyl (C=S) groups is 1. The Morgan fingerprint density at radius 3 is 2.59 bits per heavy atom. The highest BCUT2D eigenvalue weighted by Gasteiger charge is 2.19. The SMILES string of the molecule is CC1=CC(=S)S/C(=C\c2ccc(Cl)cc2)C1=O. The highest BCUT2D eigenvalue weighted by molar-refractivity contribution is 8.26. The molecule has 0 radical (unpaired) electrons. The Labute approximate surface area is 115 Å². The van der Waals surface area contributed by atoms with E-state index in [1.54, 1.807) is 25.1 Å². The first-order valence-electron chi connectivity index (χ1n) is 4.98. The van der Waals surface area contributed by atoms with Gasteiger partial charge in [-0.05, 0) is 42.3 Å². The van der Waals surface area contributed by atoms with Crippen LogP contribution in [0.2, 0.25) is 5.02 Å². The number of ketones is 1. The van der Waals surface area contributed by atoms with Gasteiger partial charge in [0.15, 0.2) is 5.78 Å². The van der Waals surface area contributed by atoms with Gasteiger partial charge in [-0.1, -0.05) is 47.7 Å². The first kappa shape index (κ1) is 12.6. The van der Waals surface area contributed by atoms with Crippen molar-refractivity contribution in [1.82, 2.24) is 0 Å². The van der Waals surface area contributed by atoms with Crippen LogP contribution in [0.3, 0.4) is 0 Å². The Balaban J connectivity index is 2.34. The standard InChI is InChI=1S/C13H9ClOS2/c1-8-6-12(16)17-11(13(8)15)7-9-2-4-10(14)5-3-9/h2-7H,1H3/b11-7-. The van der Waals surface area contributed by atoms with Crippen LogP contribution in [-0.4, -0.2) is 9.98 Å². The van der Waals surface area contributed by atoms with Gasteiger partial charge in [0, 0.05) is 5.02 Å². The van der Waals surface area contributed by atoms with Crippen LogP contribution in [0, 0.1) is 0 Å². The van der Waals surface area contributed by atoms with E-state index in [0.717, 1.165) is 9.76 Å². The van der Waals surface area contributed by atoms with Crippen molar-refractivity contribution in [2.75, 3.05) is 0 Å². The van der Waals surface area contributed by atoms with E-state index in [4.69, 9.17) is 23.8 Å². The van der Waals surface area contributed by atoms with E-state index < -0.39 is 0 Å². The normalized spacial score (nSPS) is 18.5. The minimum absolute atomic E-state index is 0.0403. The lowest BCUT2D eigenvalue weighted by atomic mass is 10.1. The summed E-state index contributed by atoms with van der Waals surface area (Å²) < 4.78 is 0.724. The first-order chi connectivity index (χ1) is 8.06. The van der Waals surface area contributed by atoms with Crippen LogP contribution in [-0.2, 0) is 4.79 Å². The first-order valence-corrected chi connectivity index (χ1v) is 6.58. The molecule has 0 amide bonds. The lowest BCUT2D eigenvalue weighted by Gasteiger charge is -2.11. The van der Waals surface area contributed by atoms with Crippen molar-refractivity contribution < 1.29 is 4.79 Å². The predicted octanol–water partition coefficient (Wildman–Crippen LogP) is 4.27. The molecule has 1 aromatic carbocycles. The van der Waals surface area contributed by atoms with Gasteiger partial charge in [-0.3, -0.25) is 4.79 Å². The second kappa shape index (κ2) is 5.17. The third-order valence-corrected chi connectivity index (χ3v) is 3.76. The fraction of sp³-hybridized carbons (Fsp3) is 0.0769. The summed E-state index contributed by atoms with van der Waals surface area (Å²) in [4.78, 5) is 12.6. The molecular formula is C13H9ClOS2. The van der Waals surface area contributed by atoms with Crippen molar-refractivity contribution in [2.24, 2.45) is 0 Å². The van der Waals surface area contributed by atoms with Crippen molar-refractivity contribution in [3.05, 3.63) is 51.4 Å². The fourth-order valence-corrected chi connectivity index (χ4v) is 2.90. The van der Waals surface area contributed by atoms with Crippen molar-refractivity contribution in [2.45, 2.75) is 6.92 Å². The van der Waals surface area contributed by atoms with Crippen LogP contribution in [0.15, 0.2) is 40.8 Å². The van der Waals surface area contributed by atoms with Gasteiger partial charge in [0.25, 0.3) is 0 Å². The molecule has 0 fully saturated rings. The summed E-state index contributed by atoms with van der Waals surface area (Å²) >= 11 is 12.3. The molecule has 17 heavy (non-hydrogen) atoms. The number of carbonyl (C=O) groups is 1. The molecule has 1 nitrogen and oxygen atoms in total. The average molecular weight is 281 g/mol. The molecule has 0 aliphatic carbocycles. The van der Waals surface area contributed by atoms with Gasteiger partial charge in [-0.2, -0.15) is 0 Å². The quantitative estimate of drug-likeness (QED) is 0.565. The Kier molecular flexibility index (Phi) is 3.82. The van der Waals surface area contributed by atoms with Gasteiger partial charge in [0.2, 0.25) is 0 Å². The number of carbonyl (C=O) groups excluding carboxylic acids is 1. The van der Waals surface area contributed by atoms with Gasteiger partial charge in [-0.15, -0.1) is 0 Å². The van der Waals surface area contributed by atoms with E-state index in [1.165, 1.54) is 11.8 Å². The maximum absolute atomic E-state index is 11.9. The van der Waals surface area contributed by atoms with Crippen molar-refractivity contribution in [3.63, 3.8) is 0 Å². The average Bonchev–Trinajstić information content (AvgIpc) is 2.28. The molecule has 1 aliphatic rings. The third kappa shape index (κ3) is 3.06. The van der Waals surface area contributed by atoms with E-state index in [-0.39, 0.29) is 5.78 Å². The second-order valence-corrected chi connectivity index (χ2v) is 5.86. The summed E-state index contributed by atoms with van der Waals surface area (Å²) in [5.74, 6) is 0.0403. The summed E-state index contributed by atoms with van der Waals surface area (Å²) in [6, 6.07) is 7.35. The van der Waals surface area contributed by atoms with Gasteiger partial charge in [0.05, 0.1) is 9.10 Å². The number of Topliss-reactive ketones (excluding diaryl/α,β-unsaturated/α-hetero) is 1. The van der Waals surface area contributed by atoms with Crippen LogP contribution >= 0.6 is 35.6 Å². The molecule has 0 atom stereocenters. The van der Waals surface area contributed by atoms with Crippen molar-refractivity contribution in [1.29, 1.82) is 0 Å². The number of allylic oxidation sites excluding steroid dienone is 2. The molecule has 1 aromatic rings. The molecule has 0 spiro atoms. The van der Waals surface area contributed by atoms with Crippen LogP contribution in [0.4, 0.5) is 0 Å². The number of benzene rings is 1. The molecule has 0 aromatic heterocycles. The number of rotatable bonds is 1. The molecule has 2 rings (SSSR count). The van der Waals surface area contributed by atoms with Crippen molar-refractivity contribution in [3.8, 4) is 0 Å². The Morgan fingerprint density at radius 1 is 1.29 bits per heavy atom. The smallest absolute Gasteiger partial charge is 0.195 e. The van der Waals surface area contributed by atoms with Gasteiger partial charge < -0.3 is 0 Å². The minimum Gasteiger partial charge on any atom is -0.288 e. The van der Waals surface area contributed by atoms with E-state index in [9.17, 15) is 4.79 Å². The summed E-state index contributed by atoms with van der Waals surface area (Å²) in [6.45, 7) is 1.78. The van der Waals surface area contributed by atoms with Gasteiger partial charge >= 0.3 is 0 Å². The fourth-order valence-electron chi connectivity index (χ4n) is 1.43. The lowest BCUT2D eigenvalue weighted by Crippen LogP contribution is -2.09. The van der Waals surface area contributed by atoms with Gasteiger partial charge in [-0.25, -0.2) is 0 Å². The zero-order chi connectivity index (χ0) is 12.4. The Hall–Kier alpha value is -0.900. The van der Waals surface area contributed by atoms with Crippen LogP contribution in [0.25, 0.3) is 6.08 Å². The number of thioether (sulfide) groups is 1. The maximum Gasteiger partial charge on any atom is 0.195 e. The molecule has 0 unspecified atom stereocenters. The molecule has 0 saturated carbocycles. The largest absolute Gasteiger partial charge is 0.288 e. The van der Waals surface area contributed by atoms with Crippen LogP contribution in [0.1, 0.15) is 12.5 Å². The molecule has 4 heteroatoms. The highest BCUT2D eigenvalue weighted by atomic mass is 35.5. The summed E-state index contributed by atoms with van der Waals surface area (Å²) in [5, 5.41) is 0.682.